The third-order valence-corrected chi connectivity index (χ3v) is 8.12. The fourth-order valence-corrected chi connectivity index (χ4v) is 6.11. The maximum Gasteiger partial charge on any atom is 0.421 e. The van der Waals surface area contributed by atoms with Gasteiger partial charge in [-0.1, -0.05) is 12.5 Å². The monoisotopic (exact) mass is 575 g/mol. The van der Waals surface area contributed by atoms with Crippen LogP contribution < -0.4 is 21.3 Å². The molecule has 1 aromatic heterocycles. The molecule has 3 atom stereocenters. The summed E-state index contributed by atoms with van der Waals surface area (Å²) in [6, 6.07) is 8.00. The second-order valence-electron chi connectivity index (χ2n) is 11.6. The Morgan fingerprint density at radius 3 is 2.61 bits per heavy atom. The van der Waals surface area contributed by atoms with Gasteiger partial charge in [-0.05, 0) is 64.2 Å². The zero-order chi connectivity index (χ0) is 29.0. The van der Waals surface area contributed by atoms with Gasteiger partial charge in [0.2, 0.25) is 11.9 Å². The van der Waals surface area contributed by atoms with Gasteiger partial charge in [0.25, 0.3) is 0 Å². The van der Waals surface area contributed by atoms with Crippen LogP contribution in [0.1, 0.15) is 57.9 Å². The third kappa shape index (κ3) is 7.59. The van der Waals surface area contributed by atoms with E-state index >= 15 is 0 Å². The van der Waals surface area contributed by atoms with E-state index in [-0.39, 0.29) is 23.7 Å². The molecule has 3 aliphatic rings. The summed E-state index contributed by atoms with van der Waals surface area (Å²) in [7, 11) is 0. The van der Waals surface area contributed by atoms with Crippen molar-refractivity contribution in [3.05, 3.63) is 36.0 Å². The maximum absolute atomic E-state index is 13.9. The lowest BCUT2D eigenvalue weighted by molar-refractivity contribution is -0.137. The Morgan fingerprint density at radius 2 is 1.85 bits per heavy atom. The minimum Gasteiger partial charge on any atom is -0.381 e. The first-order valence-corrected chi connectivity index (χ1v) is 14.6. The summed E-state index contributed by atoms with van der Waals surface area (Å²) in [5.41, 5.74) is 0.628. The van der Waals surface area contributed by atoms with E-state index in [0.29, 0.717) is 30.6 Å². The number of amides is 1. The van der Waals surface area contributed by atoms with E-state index in [1.807, 2.05) is 38.1 Å². The van der Waals surface area contributed by atoms with Gasteiger partial charge in [-0.25, -0.2) is 4.98 Å². The second-order valence-corrected chi connectivity index (χ2v) is 11.6. The van der Waals surface area contributed by atoms with Crippen LogP contribution in [0.5, 0.6) is 0 Å². The standard InChI is InChI=1S/C29H40F3N7O2/c1-18(2)34-27(40)23-7-4-8-25(23)37-26-24(29(30,31)32)16-33-28(38-26)36-20-6-3-5-19(15-20)35-21-9-12-39(17-21)22-10-13-41-14-11-22/h3,5-6,15-16,18,21-23,25,35H,4,7-14,17H2,1-2H3,(H,34,40)(H2,33,36,37,38)/t21-,23+,25-/m1/s1. The topological polar surface area (TPSA) is 103 Å². The highest BCUT2D eigenvalue weighted by Crippen LogP contribution is 2.37. The van der Waals surface area contributed by atoms with Crippen molar-refractivity contribution in [2.45, 2.75) is 82.7 Å². The highest BCUT2D eigenvalue weighted by atomic mass is 19.4. The number of nitrogens with zero attached hydrogens (tertiary/aromatic N) is 3. The van der Waals surface area contributed by atoms with Crippen molar-refractivity contribution in [1.29, 1.82) is 0 Å². The van der Waals surface area contributed by atoms with Crippen molar-refractivity contribution >= 4 is 29.0 Å². The van der Waals surface area contributed by atoms with Gasteiger partial charge in [0, 0.05) is 68.0 Å². The van der Waals surface area contributed by atoms with E-state index in [2.05, 4.69) is 36.1 Å². The van der Waals surface area contributed by atoms with E-state index in [1.165, 1.54) is 0 Å². The first kappa shape index (κ1) is 29.4. The van der Waals surface area contributed by atoms with Crippen LogP contribution in [-0.4, -0.2) is 71.2 Å². The SMILES string of the molecule is CC(C)NC(=O)[C@H]1CCC[C@H]1Nc1nc(Nc2cccc(N[C@@H]3CCN(C4CCOCC4)C3)c2)ncc1C(F)(F)F. The molecule has 9 nitrogen and oxygen atoms in total. The molecule has 2 aromatic rings. The van der Waals surface area contributed by atoms with Gasteiger partial charge in [0.15, 0.2) is 0 Å². The predicted octanol–water partition coefficient (Wildman–Crippen LogP) is 5.01. The van der Waals surface area contributed by atoms with Crippen molar-refractivity contribution < 1.29 is 22.7 Å². The number of hydrogen-bond donors (Lipinski definition) is 4. The number of halogens is 3. The van der Waals surface area contributed by atoms with Crippen LogP contribution in [0.4, 0.5) is 36.3 Å². The summed E-state index contributed by atoms with van der Waals surface area (Å²) in [6.45, 7) is 7.39. The molecule has 0 spiro atoms. The number of benzene rings is 1. The lowest BCUT2D eigenvalue weighted by Gasteiger charge is -2.31. The van der Waals surface area contributed by atoms with Gasteiger partial charge in [-0.2, -0.15) is 18.2 Å². The summed E-state index contributed by atoms with van der Waals surface area (Å²) < 4.78 is 47.1. The molecule has 4 N–H and O–H groups in total. The van der Waals surface area contributed by atoms with Crippen molar-refractivity contribution in [2.24, 2.45) is 5.92 Å². The Kier molecular flexibility index (Phi) is 9.18. The molecule has 3 fully saturated rings. The minimum atomic E-state index is -4.64. The van der Waals surface area contributed by atoms with E-state index in [1.54, 1.807) is 0 Å². The zero-order valence-corrected chi connectivity index (χ0v) is 23.6. The van der Waals surface area contributed by atoms with Crippen LogP contribution in [0.2, 0.25) is 0 Å². The number of carbonyl (C=O) groups is 1. The number of anilines is 4. The highest BCUT2D eigenvalue weighted by Gasteiger charge is 2.39. The predicted molar refractivity (Wildman–Crippen MR) is 152 cm³/mol. The molecule has 2 aliphatic heterocycles. The largest absolute Gasteiger partial charge is 0.421 e. The van der Waals surface area contributed by atoms with Gasteiger partial charge < -0.3 is 26.0 Å². The van der Waals surface area contributed by atoms with Gasteiger partial charge in [-0.15, -0.1) is 0 Å². The Morgan fingerprint density at radius 1 is 1.07 bits per heavy atom. The van der Waals surface area contributed by atoms with Gasteiger partial charge in [0.05, 0.1) is 5.92 Å². The van der Waals surface area contributed by atoms with Crippen LogP contribution in [0, 0.1) is 5.92 Å². The number of ether oxygens (including phenoxy) is 1. The summed E-state index contributed by atoms with van der Waals surface area (Å²) in [5, 5.41) is 12.5. The van der Waals surface area contributed by atoms with Gasteiger partial charge in [-0.3, -0.25) is 9.69 Å². The molecule has 0 radical (unpaired) electrons. The molecule has 0 bridgehead atoms. The van der Waals surface area contributed by atoms with Crippen molar-refractivity contribution in [1.82, 2.24) is 20.2 Å². The third-order valence-electron chi connectivity index (χ3n) is 8.12. The smallest absolute Gasteiger partial charge is 0.381 e. The van der Waals surface area contributed by atoms with Crippen molar-refractivity contribution in [2.75, 3.05) is 42.3 Å². The summed E-state index contributed by atoms with van der Waals surface area (Å²) >= 11 is 0. The fraction of sp³-hybridized carbons (Fsp3) is 0.621. The zero-order valence-electron chi connectivity index (χ0n) is 23.6. The van der Waals surface area contributed by atoms with Gasteiger partial charge >= 0.3 is 6.18 Å². The number of alkyl halides is 3. The molecule has 1 amide bonds. The molecule has 0 unspecified atom stereocenters. The van der Waals surface area contributed by atoms with Crippen LogP contribution in [-0.2, 0) is 15.7 Å². The van der Waals surface area contributed by atoms with Crippen LogP contribution >= 0.6 is 0 Å². The normalized spacial score (nSPS) is 24.0. The molecule has 41 heavy (non-hydrogen) atoms. The van der Waals surface area contributed by atoms with E-state index < -0.39 is 23.7 Å². The first-order chi connectivity index (χ1) is 19.7. The first-order valence-electron chi connectivity index (χ1n) is 14.6. The second kappa shape index (κ2) is 12.8. The summed E-state index contributed by atoms with van der Waals surface area (Å²) in [6.07, 6.45) is 1.29. The quantitative estimate of drug-likeness (QED) is 0.331. The number of carbonyl (C=O) groups excluding carboxylic acids is 1. The Balaban J connectivity index is 1.26. The number of hydrogen-bond acceptors (Lipinski definition) is 8. The molecular weight excluding hydrogens is 535 g/mol. The minimum absolute atomic E-state index is 0.0467. The summed E-state index contributed by atoms with van der Waals surface area (Å²) in [4.78, 5) is 23.4. The Hall–Kier alpha value is -3.12. The van der Waals surface area contributed by atoms with Gasteiger partial charge in [0.1, 0.15) is 11.4 Å². The molecule has 1 saturated carbocycles. The number of nitrogens with one attached hydrogen (secondary N) is 4. The maximum atomic E-state index is 13.9. The lowest BCUT2D eigenvalue weighted by atomic mass is 10.0. The molecule has 12 heteroatoms. The van der Waals surface area contributed by atoms with Crippen LogP contribution in [0.15, 0.2) is 30.5 Å². The molecule has 224 valence electrons. The summed E-state index contributed by atoms with van der Waals surface area (Å²) in [5.74, 6) is -0.855. The Bertz CT molecular complexity index is 1190. The number of aromatic nitrogens is 2. The average molecular weight is 576 g/mol. The highest BCUT2D eigenvalue weighted by molar-refractivity contribution is 5.80. The van der Waals surface area contributed by atoms with Crippen LogP contribution in [0.25, 0.3) is 0 Å². The average Bonchev–Trinajstić information content (AvgIpc) is 3.58. The number of rotatable bonds is 9. The molecule has 5 rings (SSSR count). The molecule has 2 saturated heterocycles. The lowest BCUT2D eigenvalue weighted by Crippen LogP contribution is -2.41. The van der Waals surface area contributed by atoms with E-state index in [0.717, 1.165) is 63.9 Å². The molecule has 3 heterocycles. The van der Waals surface area contributed by atoms with Crippen molar-refractivity contribution in [3.8, 4) is 0 Å². The Labute approximate surface area is 239 Å². The molecule has 1 aliphatic carbocycles. The number of likely N-dealkylation sites (tertiary alicyclic amines) is 1. The molecule has 1 aromatic carbocycles. The molecular formula is C29H40F3N7O2. The van der Waals surface area contributed by atoms with Crippen LogP contribution in [0.3, 0.4) is 0 Å². The van der Waals surface area contributed by atoms with Crippen molar-refractivity contribution in [3.63, 3.8) is 0 Å². The fourth-order valence-electron chi connectivity index (χ4n) is 6.11. The van der Waals surface area contributed by atoms with E-state index in [9.17, 15) is 18.0 Å². The van der Waals surface area contributed by atoms with E-state index in [4.69, 9.17) is 4.74 Å².